The van der Waals surface area contributed by atoms with Crippen molar-refractivity contribution in [3.8, 4) is 0 Å². The summed E-state index contributed by atoms with van der Waals surface area (Å²) in [5, 5.41) is 2.50. The van der Waals surface area contributed by atoms with Crippen LogP contribution in [0.15, 0.2) is 21.9 Å². The second kappa shape index (κ2) is 7.37. The van der Waals surface area contributed by atoms with Crippen LogP contribution in [0.1, 0.15) is 34.1 Å². The number of carbonyl (C=O) groups is 2. The molecule has 0 aromatic rings. The molecule has 0 saturated heterocycles. The molecular formula is C12H19N3O3. The fourth-order valence-electron chi connectivity index (χ4n) is 0.997. The number of hydrogen-bond donors (Lipinski definition) is 1. The van der Waals surface area contributed by atoms with Gasteiger partial charge in [0.25, 0.3) is 0 Å². The molecule has 0 heterocycles. The molecule has 0 spiro atoms. The molecule has 1 amide bonds. The minimum atomic E-state index is -0.595. The van der Waals surface area contributed by atoms with E-state index in [9.17, 15) is 9.59 Å². The van der Waals surface area contributed by atoms with Gasteiger partial charge in [-0.3, -0.25) is 14.6 Å². The van der Waals surface area contributed by atoms with Crippen molar-refractivity contribution in [2.75, 3.05) is 0 Å². The van der Waals surface area contributed by atoms with E-state index in [1.54, 1.807) is 27.7 Å². The van der Waals surface area contributed by atoms with E-state index in [4.69, 9.17) is 4.74 Å². The molecule has 0 bridgehead atoms. The van der Waals surface area contributed by atoms with E-state index in [1.807, 2.05) is 0 Å². The van der Waals surface area contributed by atoms with Gasteiger partial charge in [-0.15, -0.1) is 0 Å². The average molecular weight is 253 g/mol. The van der Waals surface area contributed by atoms with Crippen molar-refractivity contribution < 1.29 is 14.3 Å². The van der Waals surface area contributed by atoms with Crippen LogP contribution in [0, 0.1) is 0 Å². The number of rotatable bonds is 5. The number of carbonyl (C=O) groups excluding carboxylic acids is 2. The van der Waals surface area contributed by atoms with Crippen molar-refractivity contribution in [1.29, 1.82) is 0 Å². The van der Waals surface area contributed by atoms with E-state index in [0.29, 0.717) is 5.70 Å². The van der Waals surface area contributed by atoms with Crippen LogP contribution in [0.25, 0.3) is 0 Å². The maximum Gasteiger partial charge on any atom is 0.315 e. The Bertz CT molecular complexity index is 379. The minimum Gasteiger partial charge on any atom is -0.460 e. The molecule has 0 aromatic heterocycles. The van der Waals surface area contributed by atoms with Crippen LogP contribution in [0.3, 0.4) is 0 Å². The highest BCUT2D eigenvalue weighted by atomic mass is 16.6. The Morgan fingerprint density at radius 3 is 2.50 bits per heavy atom. The lowest BCUT2D eigenvalue weighted by Crippen LogP contribution is -2.29. The zero-order chi connectivity index (χ0) is 14.2. The lowest BCUT2D eigenvalue weighted by molar-refractivity contribution is -0.156. The van der Waals surface area contributed by atoms with Crippen LogP contribution < -0.4 is 5.32 Å². The van der Waals surface area contributed by atoms with Crippen molar-refractivity contribution in [2.45, 2.75) is 39.7 Å². The first-order chi connectivity index (χ1) is 8.24. The van der Waals surface area contributed by atoms with E-state index >= 15 is 0 Å². The summed E-state index contributed by atoms with van der Waals surface area (Å²) in [5.74, 6) is -1.01. The van der Waals surface area contributed by atoms with E-state index in [-0.39, 0.29) is 6.42 Å². The van der Waals surface area contributed by atoms with Crippen LogP contribution >= 0.6 is 0 Å². The highest BCUT2D eigenvalue weighted by Gasteiger charge is 2.18. The SMILES string of the molecule is C=NC=N/C=C(\C)NC(=O)CC(=O)OC(C)(C)C. The van der Waals surface area contributed by atoms with Crippen LogP contribution in [-0.4, -0.2) is 30.5 Å². The molecule has 0 aromatic carbocycles. The molecule has 0 rings (SSSR count). The zero-order valence-electron chi connectivity index (χ0n) is 11.2. The second-order valence-corrected chi connectivity index (χ2v) is 4.57. The summed E-state index contributed by atoms with van der Waals surface area (Å²) in [5.41, 5.74) is -0.0919. The summed E-state index contributed by atoms with van der Waals surface area (Å²) < 4.78 is 5.02. The smallest absolute Gasteiger partial charge is 0.315 e. The Morgan fingerprint density at radius 1 is 1.39 bits per heavy atom. The molecule has 0 radical (unpaired) electrons. The largest absolute Gasteiger partial charge is 0.460 e. The topological polar surface area (TPSA) is 80.1 Å². The van der Waals surface area contributed by atoms with Gasteiger partial charge in [-0.2, -0.15) is 0 Å². The predicted molar refractivity (Wildman–Crippen MR) is 70.4 cm³/mol. The number of aliphatic imine (C=N–C) groups is 2. The number of esters is 1. The van der Waals surface area contributed by atoms with Crippen LogP contribution in [-0.2, 0) is 14.3 Å². The van der Waals surface area contributed by atoms with Gasteiger partial charge in [0.05, 0.1) is 0 Å². The zero-order valence-corrected chi connectivity index (χ0v) is 11.2. The van der Waals surface area contributed by atoms with Gasteiger partial charge in [-0.05, 0) is 34.4 Å². The highest BCUT2D eigenvalue weighted by molar-refractivity contribution is 5.95. The molecule has 0 aliphatic rings. The van der Waals surface area contributed by atoms with Crippen LogP contribution in [0.4, 0.5) is 0 Å². The number of hydrogen-bond acceptors (Lipinski definition) is 4. The maximum absolute atomic E-state index is 11.4. The number of nitrogens with one attached hydrogen (secondary N) is 1. The first kappa shape index (κ1) is 16.0. The van der Waals surface area contributed by atoms with Gasteiger partial charge in [-0.1, -0.05) is 0 Å². The molecule has 1 N–H and O–H groups in total. The second-order valence-electron chi connectivity index (χ2n) is 4.57. The quantitative estimate of drug-likeness (QED) is 0.348. The molecule has 100 valence electrons. The average Bonchev–Trinajstić information content (AvgIpc) is 2.13. The first-order valence-electron chi connectivity index (χ1n) is 5.40. The molecule has 6 nitrogen and oxygen atoms in total. The lowest BCUT2D eigenvalue weighted by atomic mass is 10.2. The van der Waals surface area contributed by atoms with E-state index in [0.717, 1.165) is 0 Å². The van der Waals surface area contributed by atoms with Gasteiger partial charge in [0.15, 0.2) is 0 Å². The molecule has 0 saturated carbocycles. The summed E-state index contributed by atoms with van der Waals surface area (Å²) in [6.45, 7) is 10.1. The standard InChI is InChI=1S/C12H19N3O3/c1-9(7-14-8-13-5)15-10(16)6-11(17)18-12(2,3)4/h7-8H,5-6H2,1-4H3,(H,15,16)/b9-7+,14-8?. The summed E-state index contributed by atoms with van der Waals surface area (Å²) in [4.78, 5) is 29.9. The summed E-state index contributed by atoms with van der Waals surface area (Å²) >= 11 is 0. The Kier molecular flexibility index (Phi) is 6.56. The molecule has 0 fully saturated rings. The van der Waals surface area contributed by atoms with Gasteiger partial charge in [-0.25, -0.2) is 4.99 Å². The molecule has 0 aliphatic heterocycles. The number of amides is 1. The minimum absolute atomic E-state index is 0.328. The monoisotopic (exact) mass is 253 g/mol. The Hall–Kier alpha value is -1.98. The summed E-state index contributed by atoms with van der Waals surface area (Å²) in [7, 11) is 0. The highest BCUT2D eigenvalue weighted by Crippen LogP contribution is 2.08. The number of nitrogens with zero attached hydrogens (tertiary/aromatic N) is 2. The van der Waals surface area contributed by atoms with Gasteiger partial charge in [0.2, 0.25) is 5.91 Å². The van der Waals surface area contributed by atoms with Gasteiger partial charge < -0.3 is 10.1 Å². The Labute approximate surface area is 107 Å². The Morgan fingerprint density at radius 2 is 2.00 bits per heavy atom. The van der Waals surface area contributed by atoms with E-state index < -0.39 is 17.5 Å². The summed E-state index contributed by atoms with van der Waals surface area (Å²) in [6, 6.07) is 0. The van der Waals surface area contributed by atoms with Gasteiger partial charge >= 0.3 is 5.97 Å². The van der Waals surface area contributed by atoms with Crippen molar-refractivity contribution in [2.24, 2.45) is 9.98 Å². The molecule has 0 aliphatic carbocycles. The van der Waals surface area contributed by atoms with Gasteiger partial charge in [0.1, 0.15) is 18.4 Å². The summed E-state index contributed by atoms with van der Waals surface area (Å²) in [6.07, 6.45) is 2.32. The van der Waals surface area contributed by atoms with Gasteiger partial charge in [0, 0.05) is 11.9 Å². The first-order valence-corrected chi connectivity index (χ1v) is 5.40. The van der Waals surface area contributed by atoms with Crippen molar-refractivity contribution >= 4 is 24.9 Å². The fourth-order valence-corrected chi connectivity index (χ4v) is 0.997. The third-order valence-corrected chi connectivity index (χ3v) is 1.48. The maximum atomic E-state index is 11.4. The molecule has 0 atom stereocenters. The van der Waals surface area contributed by atoms with E-state index in [2.05, 4.69) is 22.0 Å². The number of allylic oxidation sites excluding steroid dienone is 1. The van der Waals surface area contributed by atoms with Crippen molar-refractivity contribution in [1.82, 2.24) is 5.32 Å². The molecular weight excluding hydrogens is 234 g/mol. The van der Waals surface area contributed by atoms with Crippen molar-refractivity contribution in [3.05, 3.63) is 11.9 Å². The predicted octanol–water partition coefficient (Wildman–Crippen LogP) is 1.42. The third kappa shape index (κ3) is 9.26. The molecule has 0 unspecified atom stereocenters. The van der Waals surface area contributed by atoms with Crippen LogP contribution in [0.2, 0.25) is 0 Å². The lowest BCUT2D eigenvalue weighted by Gasteiger charge is -2.19. The fraction of sp³-hybridized carbons (Fsp3) is 0.500. The Balaban J connectivity index is 4.19. The van der Waals surface area contributed by atoms with Crippen LogP contribution in [0.5, 0.6) is 0 Å². The third-order valence-electron chi connectivity index (χ3n) is 1.48. The van der Waals surface area contributed by atoms with E-state index in [1.165, 1.54) is 12.5 Å². The molecule has 18 heavy (non-hydrogen) atoms. The normalized spacial score (nSPS) is 12.3. The number of ether oxygens (including phenoxy) is 1. The van der Waals surface area contributed by atoms with Crippen molar-refractivity contribution in [3.63, 3.8) is 0 Å². The molecule has 6 heteroatoms.